The van der Waals surface area contributed by atoms with E-state index in [1.54, 1.807) is 6.92 Å². The lowest BCUT2D eigenvalue weighted by atomic mass is 10.1. The van der Waals surface area contributed by atoms with Crippen molar-refractivity contribution in [1.82, 2.24) is 10.3 Å². The standard InChI is InChI=1S/C18H19FN2O6S/c1-10-8-13(18(23)24)9-16(11(10)2)28(25,26)21-20-17(22)12(3)27-15-6-4-14(19)5-7-15/h4-9,12,21H,1-3H3,(H,20,22)(H,23,24)/t12-/m0/s1. The zero-order valence-electron chi connectivity index (χ0n) is 15.3. The molecule has 0 fully saturated rings. The number of hydrogen-bond acceptors (Lipinski definition) is 5. The highest BCUT2D eigenvalue weighted by Gasteiger charge is 2.23. The summed E-state index contributed by atoms with van der Waals surface area (Å²) in [7, 11) is -4.23. The van der Waals surface area contributed by atoms with Crippen molar-refractivity contribution in [2.75, 3.05) is 0 Å². The summed E-state index contributed by atoms with van der Waals surface area (Å²) >= 11 is 0. The Labute approximate surface area is 161 Å². The smallest absolute Gasteiger partial charge is 0.335 e. The molecule has 2 aromatic rings. The minimum atomic E-state index is -4.23. The molecule has 0 aromatic heterocycles. The number of hydrogen-bond donors (Lipinski definition) is 3. The van der Waals surface area contributed by atoms with E-state index in [9.17, 15) is 22.4 Å². The van der Waals surface area contributed by atoms with Crippen LogP contribution < -0.4 is 15.0 Å². The number of carboxylic acids is 1. The molecule has 3 N–H and O–H groups in total. The van der Waals surface area contributed by atoms with Crippen molar-refractivity contribution < 1.29 is 32.2 Å². The van der Waals surface area contributed by atoms with Gasteiger partial charge in [0.25, 0.3) is 15.9 Å². The van der Waals surface area contributed by atoms with Gasteiger partial charge in [0.1, 0.15) is 11.6 Å². The molecule has 10 heteroatoms. The number of carbonyl (C=O) groups excluding carboxylic acids is 1. The second kappa shape index (κ2) is 8.36. The SMILES string of the molecule is Cc1cc(C(=O)O)cc(S(=O)(=O)NNC(=O)[C@H](C)Oc2ccc(F)cc2)c1C. The van der Waals surface area contributed by atoms with Gasteiger partial charge in [-0.3, -0.25) is 10.2 Å². The number of halogens is 1. The molecule has 0 aliphatic carbocycles. The zero-order chi connectivity index (χ0) is 21.1. The van der Waals surface area contributed by atoms with Gasteiger partial charge in [0.15, 0.2) is 6.10 Å². The quantitative estimate of drug-likeness (QED) is 0.600. The number of hydrazine groups is 1. The number of benzene rings is 2. The van der Waals surface area contributed by atoms with Crippen LogP contribution in [0.15, 0.2) is 41.3 Å². The fourth-order valence-electron chi connectivity index (χ4n) is 2.27. The van der Waals surface area contributed by atoms with Crippen LogP contribution in [0.5, 0.6) is 5.75 Å². The van der Waals surface area contributed by atoms with Gasteiger partial charge >= 0.3 is 5.97 Å². The van der Waals surface area contributed by atoms with Crippen molar-refractivity contribution in [1.29, 1.82) is 0 Å². The molecule has 0 unspecified atom stereocenters. The summed E-state index contributed by atoms with van der Waals surface area (Å²) in [4.78, 5) is 24.9. The van der Waals surface area contributed by atoms with Crippen molar-refractivity contribution in [3.05, 3.63) is 58.9 Å². The fraction of sp³-hybridized carbons (Fsp3) is 0.222. The van der Waals surface area contributed by atoms with Crippen molar-refractivity contribution in [2.45, 2.75) is 31.8 Å². The van der Waals surface area contributed by atoms with Crippen LogP contribution in [0.4, 0.5) is 4.39 Å². The number of amides is 1. The van der Waals surface area contributed by atoms with Gasteiger partial charge in [-0.25, -0.2) is 17.6 Å². The van der Waals surface area contributed by atoms with Gasteiger partial charge in [0.2, 0.25) is 0 Å². The Balaban J connectivity index is 2.11. The minimum Gasteiger partial charge on any atom is -0.481 e. The Morgan fingerprint density at radius 2 is 1.75 bits per heavy atom. The first-order valence-corrected chi connectivity index (χ1v) is 9.58. The number of aromatic carboxylic acids is 1. The molecule has 0 saturated carbocycles. The molecular weight excluding hydrogens is 391 g/mol. The number of aryl methyl sites for hydroxylation is 1. The average molecular weight is 410 g/mol. The van der Waals surface area contributed by atoms with E-state index in [4.69, 9.17) is 9.84 Å². The lowest BCUT2D eigenvalue weighted by molar-refractivity contribution is -0.127. The Bertz CT molecular complexity index is 1010. The largest absolute Gasteiger partial charge is 0.481 e. The summed E-state index contributed by atoms with van der Waals surface area (Å²) < 4.78 is 43.2. The second-order valence-electron chi connectivity index (χ2n) is 6.03. The first-order chi connectivity index (χ1) is 13.0. The Morgan fingerprint density at radius 1 is 1.14 bits per heavy atom. The maximum Gasteiger partial charge on any atom is 0.335 e. The predicted octanol–water partition coefficient (Wildman–Crippen LogP) is 1.92. The van der Waals surface area contributed by atoms with E-state index in [1.807, 2.05) is 10.3 Å². The van der Waals surface area contributed by atoms with Gasteiger partial charge in [-0.1, -0.05) is 0 Å². The first kappa shape index (κ1) is 21.3. The zero-order valence-corrected chi connectivity index (χ0v) is 16.1. The Morgan fingerprint density at radius 3 is 2.32 bits per heavy atom. The van der Waals surface area contributed by atoms with Crippen LogP contribution in [-0.4, -0.2) is 31.5 Å². The van der Waals surface area contributed by atoms with Gasteiger partial charge in [0, 0.05) is 0 Å². The maximum absolute atomic E-state index is 12.9. The first-order valence-electron chi connectivity index (χ1n) is 8.09. The summed E-state index contributed by atoms with van der Waals surface area (Å²) in [5.74, 6) is -2.31. The molecular formula is C18H19FN2O6S. The fourth-order valence-corrected chi connectivity index (χ4v) is 3.47. The molecule has 1 atom stereocenters. The van der Waals surface area contributed by atoms with Gasteiger partial charge in [-0.05, 0) is 68.3 Å². The number of rotatable bonds is 7. The Kier molecular flexibility index (Phi) is 6.37. The van der Waals surface area contributed by atoms with E-state index in [0.29, 0.717) is 11.1 Å². The van der Waals surface area contributed by atoms with Gasteiger partial charge in [-0.15, -0.1) is 4.83 Å². The number of carboxylic acid groups (broad SMARTS) is 1. The van der Waals surface area contributed by atoms with Crippen LogP contribution in [0.3, 0.4) is 0 Å². The summed E-state index contributed by atoms with van der Waals surface area (Å²) in [6.45, 7) is 4.49. The maximum atomic E-state index is 12.9. The van der Waals surface area contributed by atoms with Crippen molar-refractivity contribution >= 4 is 21.9 Å². The number of ether oxygens (including phenoxy) is 1. The third-order valence-corrected chi connectivity index (χ3v) is 5.33. The van der Waals surface area contributed by atoms with Crippen LogP contribution in [0, 0.1) is 19.7 Å². The molecule has 0 bridgehead atoms. The molecule has 0 spiro atoms. The summed E-state index contributed by atoms with van der Waals surface area (Å²) in [5.41, 5.74) is 2.65. The van der Waals surface area contributed by atoms with Crippen LogP contribution in [0.25, 0.3) is 0 Å². The van der Waals surface area contributed by atoms with Crippen molar-refractivity contribution in [2.24, 2.45) is 0 Å². The molecule has 8 nitrogen and oxygen atoms in total. The monoisotopic (exact) mass is 410 g/mol. The van der Waals surface area contributed by atoms with Crippen molar-refractivity contribution in [3.8, 4) is 5.75 Å². The summed E-state index contributed by atoms with van der Waals surface area (Å²) in [5, 5.41) is 9.11. The highest BCUT2D eigenvalue weighted by atomic mass is 32.2. The molecule has 28 heavy (non-hydrogen) atoms. The second-order valence-corrected chi connectivity index (χ2v) is 7.68. The predicted molar refractivity (Wildman–Crippen MR) is 97.8 cm³/mol. The number of carbonyl (C=O) groups is 2. The average Bonchev–Trinajstić information content (AvgIpc) is 2.63. The third-order valence-electron chi connectivity index (χ3n) is 3.96. The van der Waals surface area contributed by atoms with E-state index in [0.717, 1.165) is 18.2 Å². The van der Waals surface area contributed by atoms with Crippen molar-refractivity contribution in [3.63, 3.8) is 0 Å². The van der Waals surface area contributed by atoms with Gasteiger partial charge in [0.05, 0.1) is 10.5 Å². The van der Waals surface area contributed by atoms with Gasteiger partial charge < -0.3 is 9.84 Å². The molecule has 150 valence electrons. The lowest BCUT2D eigenvalue weighted by Crippen LogP contribution is -2.47. The lowest BCUT2D eigenvalue weighted by Gasteiger charge is -2.16. The highest BCUT2D eigenvalue weighted by Crippen LogP contribution is 2.21. The van der Waals surface area contributed by atoms with E-state index in [-0.39, 0.29) is 16.2 Å². The minimum absolute atomic E-state index is 0.192. The van der Waals surface area contributed by atoms with Crippen LogP contribution in [0.1, 0.15) is 28.4 Å². The molecule has 0 heterocycles. The summed E-state index contributed by atoms with van der Waals surface area (Å²) in [6.07, 6.45) is -1.08. The normalized spacial score (nSPS) is 12.3. The van der Waals surface area contributed by atoms with Crippen LogP contribution >= 0.6 is 0 Å². The summed E-state index contributed by atoms with van der Waals surface area (Å²) in [6, 6.07) is 7.33. The van der Waals surface area contributed by atoms with E-state index >= 15 is 0 Å². The van der Waals surface area contributed by atoms with E-state index in [1.165, 1.54) is 32.0 Å². The van der Waals surface area contributed by atoms with Crippen LogP contribution in [0.2, 0.25) is 0 Å². The number of sulfonamides is 1. The number of nitrogens with one attached hydrogen (secondary N) is 2. The molecule has 2 rings (SSSR count). The van der Waals surface area contributed by atoms with E-state index in [2.05, 4.69) is 0 Å². The molecule has 2 aromatic carbocycles. The molecule has 0 aliphatic heterocycles. The Hall–Kier alpha value is -2.98. The highest BCUT2D eigenvalue weighted by molar-refractivity contribution is 7.89. The molecule has 0 radical (unpaired) electrons. The topological polar surface area (TPSA) is 122 Å². The molecule has 0 aliphatic rings. The van der Waals surface area contributed by atoms with Crippen LogP contribution in [-0.2, 0) is 14.8 Å². The van der Waals surface area contributed by atoms with Gasteiger partial charge in [-0.2, -0.15) is 0 Å². The third kappa shape index (κ3) is 5.05. The molecule has 0 saturated heterocycles. The van der Waals surface area contributed by atoms with E-state index < -0.39 is 33.8 Å². The molecule has 1 amide bonds.